The van der Waals surface area contributed by atoms with Gasteiger partial charge in [0.15, 0.2) is 0 Å². The Bertz CT molecular complexity index is 483. The number of nitrogens with zero attached hydrogens (tertiary/aromatic N) is 2. The molecule has 0 aliphatic heterocycles. The van der Waals surface area contributed by atoms with Crippen molar-refractivity contribution in [2.24, 2.45) is 0 Å². The van der Waals surface area contributed by atoms with E-state index in [1.54, 1.807) is 24.3 Å². The Balaban J connectivity index is 1.98. The Hall–Kier alpha value is -1.88. The monoisotopic (exact) mass is 236 g/mol. The van der Waals surface area contributed by atoms with Crippen LogP contribution < -0.4 is 5.32 Å². The molecule has 0 unspecified atom stereocenters. The number of benzene rings is 1. The summed E-state index contributed by atoms with van der Waals surface area (Å²) in [4.78, 5) is 15.6. The van der Waals surface area contributed by atoms with Crippen molar-refractivity contribution in [3.05, 3.63) is 47.0 Å². The molecule has 2 N–H and O–H groups in total. The zero-order valence-electron chi connectivity index (χ0n) is 8.27. The predicted molar refractivity (Wildman–Crippen MR) is 59.0 cm³/mol. The molecule has 0 saturated heterocycles. The number of nitrogens with one attached hydrogen (secondary N) is 2. The van der Waals surface area contributed by atoms with Crippen molar-refractivity contribution in [1.29, 1.82) is 0 Å². The van der Waals surface area contributed by atoms with Gasteiger partial charge < -0.3 is 5.32 Å². The minimum absolute atomic E-state index is 0.195. The Morgan fingerprint density at radius 2 is 2.38 bits per heavy atom. The van der Waals surface area contributed by atoms with Crippen molar-refractivity contribution >= 4 is 17.5 Å². The Kier molecular flexibility index (Phi) is 3.16. The molecule has 6 heteroatoms. The highest BCUT2D eigenvalue weighted by atomic mass is 35.5. The number of halogens is 1. The number of hydrogen-bond acceptors (Lipinski definition) is 3. The van der Waals surface area contributed by atoms with Crippen molar-refractivity contribution in [1.82, 2.24) is 20.5 Å². The molecular formula is C10H9ClN4O. The number of hydrogen-bond donors (Lipinski definition) is 2. The molecule has 1 amide bonds. The molecule has 0 atom stereocenters. The first-order valence-electron chi connectivity index (χ1n) is 4.64. The lowest BCUT2D eigenvalue weighted by molar-refractivity contribution is 0.0950. The lowest BCUT2D eigenvalue weighted by Gasteiger charge is -2.02. The molecular weight excluding hydrogens is 228 g/mol. The first kappa shape index (κ1) is 10.6. The van der Waals surface area contributed by atoms with E-state index in [2.05, 4.69) is 20.5 Å². The molecule has 16 heavy (non-hydrogen) atoms. The molecule has 0 bridgehead atoms. The standard InChI is InChI=1S/C10H9ClN4O/c11-8-3-1-2-7(4-8)10(16)12-5-9-13-6-14-15-9/h1-4,6H,5H2,(H,12,16)(H,13,14,15). The second kappa shape index (κ2) is 4.76. The van der Waals surface area contributed by atoms with Crippen molar-refractivity contribution < 1.29 is 4.79 Å². The van der Waals surface area contributed by atoms with Crippen LogP contribution in [0.3, 0.4) is 0 Å². The van der Waals surface area contributed by atoms with Crippen LogP contribution in [0.1, 0.15) is 16.2 Å². The fourth-order valence-corrected chi connectivity index (χ4v) is 1.40. The van der Waals surface area contributed by atoms with Gasteiger partial charge in [-0.2, -0.15) is 5.10 Å². The van der Waals surface area contributed by atoms with Crippen molar-refractivity contribution in [3.63, 3.8) is 0 Å². The summed E-state index contributed by atoms with van der Waals surface area (Å²) < 4.78 is 0. The molecule has 1 aromatic carbocycles. The molecule has 1 heterocycles. The number of carbonyl (C=O) groups is 1. The first-order valence-corrected chi connectivity index (χ1v) is 5.01. The highest BCUT2D eigenvalue weighted by molar-refractivity contribution is 6.30. The largest absolute Gasteiger partial charge is 0.345 e. The maximum Gasteiger partial charge on any atom is 0.251 e. The number of H-pyrrole nitrogens is 1. The van der Waals surface area contributed by atoms with Crippen LogP contribution in [0.15, 0.2) is 30.6 Å². The second-order valence-corrected chi connectivity index (χ2v) is 3.56. The van der Waals surface area contributed by atoms with E-state index in [0.717, 1.165) is 0 Å². The van der Waals surface area contributed by atoms with Gasteiger partial charge in [-0.1, -0.05) is 17.7 Å². The normalized spacial score (nSPS) is 10.1. The smallest absolute Gasteiger partial charge is 0.251 e. The fourth-order valence-electron chi connectivity index (χ4n) is 1.21. The van der Waals surface area contributed by atoms with Gasteiger partial charge in [0.1, 0.15) is 12.2 Å². The number of aromatic nitrogens is 3. The van der Waals surface area contributed by atoms with E-state index in [9.17, 15) is 4.79 Å². The van der Waals surface area contributed by atoms with Gasteiger partial charge in [-0.05, 0) is 18.2 Å². The zero-order valence-corrected chi connectivity index (χ0v) is 9.03. The summed E-state index contributed by atoms with van der Waals surface area (Å²) in [7, 11) is 0. The Morgan fingerprint density at radius 1 is 1.50 bits per heavy atom. The molecule has 0 fully saturated rings. The molecule has 0 aliphatic rings. The molecule has 82 valence electrons. The predicted octanol–water partition coefficient (Wildman–Crippen LogP) is 1.39. The molecule has 5 nitrogen and oxygen atoms in total. The summed E-state index contributed by atoms with van der Waals surface area (Å²) in [5, 5.41) is 9.56. The summed E-state index contributed by atoms with van der Waals surface area (Å²) in [5.41, 5.74) is 0.520. The van der Waals surface area contributed by atoms with Gasteiger partial charge in [-0.15, -0.1) is 0 Å². The highest BCUT2D eigenvalue weighted by Crippen LogP contribution is 2.10. The van der Waals surface area contributed by atoms with Crippen LogP contribution in [-0.2, 0) is 6.54 Å². The summed E-state index contributed by atoms with van der Waals surface area (Å²) in [6.07, 6.45) is 1.39. The Labute approximate surface area is 96.8 Å². The summed E-state index contributed by atoms with van der Waals surface area (Å²) in [6.45, 7) is 0.311. The molecule has 0 radical (unpaired) electrons. The van der Waals surface area contributed by atoms with Gasteiger partial charge in [-0.25, -0.2) is 4.98 Å². The van der Waals surface area contributed by atoms with Crippen LogP contribution in [0.5, 0.6) is 0 Å². The lowest BCUT2D eigenvalue weighted by atomic mass is 10.2. The van der Waals surface area contributed by atoms with E-state index in [0.29, 0.717) is 23.0 Å². The average Bonchev–Trinajstić information content (AvgIpc) is 2.78. The number of rotatable bonds is 3. The number of amides is 1. The van der Waals surface area contributed by atoms with E-state index >= 15 is 0 Å². The number of carbonyl (C=O) groups excluding carboxylic acids is 1. The van der Waals surface area contributed by atoms with E-state index < -0.39 is 0 Å². The SMILES string of the molecule is O=C(NCc1ncn[nH]1)c1cccc(Cl)c1. The minimum atomic E-state index is -0.195. The fraction of sp³-hybridized carbons (Fsp3) is 0.100. The third kappa shape index (κ3) is 2.58. The minimum Gasteiger partial charge on any atom is -0.345 e. The van der Waals surface area contributed by atoms with E-state index in [4.69, 9.17) is 11.6 Å². The quantitative estimate of drug-likeness (QED) is 0.846. The topological polar surface area (TPSA) is 70.7 Å². The highest BCUT2D eigenvalue weighted by Gasteiger charge is 2.05. The van der Waals surface area contributed by atoms with Crippen LogP contribution in [0.25, 0.3) is 0 Å². The molecule has 2 aromatic rings. The maximum absolute atomic E-state index is 11.7. The van der Waals surface area contributed by atoms with Gasteiger partial charge in [-0.3, -0.25) is 9.89 Å². The average molecular weight is 237 g/mol. The van der Waals surface area contributed by atoms with E-state index in [1.165, 1.54) is 6.33 Å². The van der Waals surface area contributed by atoms with Crippen LogP contribution in [0.2, 0.25) is 5.02 Å². The first-order chi connectivity index (χ1) is 7.75. The third-order valence-electron chi connectivity index (χ3n) is 1.97. The van der Waals surface area contributed by atoms with E-state index in [-0.39, 0.29) is 5.91 Å². The van der Waals surface area contributed by atoms with E-state index in [1.807, 2.05) is 0 Å². The summed E-state index contributed by atoms with van der Waals surface area (Å²) >= 11 is 5.78. The molecule has 0 spiro atoms. The van der Waals surface area contributed by atoms with Crippen LogP contribution in [0.4, 0.5) is 0 Å². The summed E-state index contributed by atoms with van der Waals surface area (Å²) in [6, 6.07) is 6.75. The second-order valence-electron chi connectivity index (χ2n) is 3.13. The maximum atomic E-state index is 11.7. The molecule has 1 aromatic heterocycles. The Morgan fingerprint density at radius 3 is 3.06 bits per heavy atom. The van der Waals surface area contributed by atoms with Crippen molar-refractivity contribution in [3.8, 4) is 0 Å². The van der Waals surface area contributed by atoms with Crippen LogP contribution >= 0.6 is 11.6 Å². The molecule has 0 aliphatic carbocycles. The van der Waals surface area contributed by atoms with Gasteiger partial charge >= 0.3 is 0 Å². The van der Waals surface area contributed by atoms with Gasteiger partial charge in [0.05, 0.1) is 6.54 Å². The van der Waals surface area contributed by atoms with Gasteiger partial charge in [0.25, 0.3) is 5.91 Å². The lowest BCUT2D eigenvalue weighted by Crippen LogP contribution is -2.23. The molecule has 0 saturated carbocycles. The van der Waals surface area contributed by atoms with Gasteiger partial charge in [0, 0.05) is 10.6 Å². The van der Waals surface area contributed by atoms with Crippen LogP contribution in [-0.4, -0.2) is 21.1 Å². The van der Waals surface area contributed by atoms with Crippen molar-refractivity contribution in [2.75, 3.05) is 0 Å². The number of aromatic amines is 1. The zero-order chi connectivity index (χ0) is 11.4. The third-order valence-corrected chi connectivity index (χ3v) is 2.20. The van der Waals surface area contributed by atoms with Crippen LogP contribution in [0, 0.1) is 0 Å². The molecule has 2 rings (SSSR count). The summed E-state index contributed by atoms with van der Waals surface area (Å²) in [5.74, 6) is 0.411. The van der Waals surface area contributed by atoms with Gasteiger partial charge in [0.2, 0.25) is 0 Å². The van der Waals surface area contributed by atoms with Crippen molar-refractivity contribution in [2.45, 2.75) is 6.54 Å².